The van der Waals surface area contributed by atoms with Crippen LogP contribution in [0.15, 0.2) is 18.2 Å². The van der Waals surface area contributed by atoms with Gasteiger partial charge in [-0.05, 0) is 44.9 Å². The van der Waals surface area contributed by atoms with E-state index in [0.29, 0.717) is 6.54 Å². The molecule has 1 aliphatic carbocycles. The summed E-state index contributed by atoms with van der Waals surface area (Å²) in [6.07, 6.45) is 3.61. The quantitative estimate of drug-likeness (QED) is 0.875. The Morgan fingerprint density at radius 2 is 2.04 bits per heavy atom. The number of aliphatic hydroxyl groups is 1. The smallest absolute Gasteiger partial charge is 0.241 e. The van der Waals surface area contributed by atoms with Crippen molar-refractivity contribution in [3.05, 3.63) is 29.8 Å². The summed E-state index contributed by atoms with van der Waals surface area (Å²) in [7, 11) is 1.83. The zero-order valence-electron chi connectivity index (χ0n) is 13.6. The van der Waals surface area contributed by atoms with Gasteiger partial charge in [-0.1, -0.05) is 12.8 Å². The Labute approximate surface area is 135 Å². The molecule has 0 spiro atoms. The number of amides is 1. The molecule has 2 rings (SSSR count). The van der Waals surface area contributed by atoms with Crippen LogP contribution in [-0.2, 0) is 4.79 Å². The molecule has 3 atom stereocenters. The Kier molecular flexibility index (Phi) is 6.07. The van der Waals surface area contributed by atoms with E-state index in [0.717, 1.165) is 37.8 Å². The van der Waals surface area contributed by atoms with Crippen LogP contribution in [0, 0.1) is 17.6 Å². The molecule has 128 valence electrons. The van der Waals surface area contributed by atoms with E-state index in [1.165, 1.54) is 6.07 Å². The van der Waals surface area contributed by atoms with Gasteiger partial charge in [0.25, 0.3) is 0 Å². The molecule has 1 aromatic rings. The highest BCUT2D eigenvalue weighted by Gasteiger charge is 2.27. The van der Waals surface area contributed by atoms with Crippen molar-refractivity contribution >= 4 is 11.6 Å². The molecule has 0 radical (unpaired) electrons. The number of carbonyl (C=O) groups excluding carboxylic acids is 1. The molecule has 1 saturated carbocycles. The number of anilines is 1. The molecule has 23 heavy (non-hydrogen) atoms. The molecular formula is C17H24F2N2O2. The first-order valence-corrected chi connectivity index (χ1v) is 8.02. The van der Waals surface area contributed by atoms with Gasteiger partial charge in [0.2, 0.25) is 5.91 Å². The number of benzene rings is 1. The molecule has 0 heterocycles. The van der Waals surface area contributed by atoms with Crippen LogP contribution in [0.4, 0.5) is 14.5 Å². The number of aliphatic hydroxyl groups excluding tert-OH is 1. The standard InChI is InChI=1S/C17H24F2N2O2/c1-11(21(2)10-12-5-3-4-6-16(12)22)17(23)20-13-7-8-14(18)15(19)9-13/h7-9,11-12,16,22H,3-6,10H2,1-2H3,(H,20,23). The van der Waals surface area contributed by atoms with Crippen LogP contribution >= 0.6 is 0 Å². The number of hydrogen-bond donors (Lipinski definition) is 2. The average Bonchev–Trinajstić information content (AvgIpc) is 2.52. The Hall–Kier alpha value is -1.53. The molecule has 6 heteroatoms. The van der Waals surface area contributed by atoms with Crippen LogP contribution < -0.4 is 5.32 Å². The lowest BCUT2D eigenvalue weighted by Gasteiger charge is -2.33. The minimum atomic E-state index is -0.992. The number of nitrogens with one attached hydrogen (secondary N) is 1. The van der Waals surface area contributed by atoms with Crippen LogP contribution in [0.25, 0.3) is 0 Å². The molecule has 2 N–H and O–H groups in total. The van der Waals surface area contributed by atoms with Crippen molar-refractivity contribution in [2.45, 2.75) is 44.8 Å². The second kappa shape index (κ2) is 7.84. The highest BCUT2D eigenvalue weighted by molar-refractivity contribution is 5.94. The normalized spacial score (nSPS) is 22.9. The third-order valence-electron chi connectivity index (χ3n) is 4.62. The van der Waals surface area contributed by atoms with Crippen LogP contribution in [0.1, 0.15) is 32.6 Å². The predicted octanol–water partition coefficient (Wildman–Crippen LogP) is 2.77. The van der Waals surface area contributed by atoms with Crippen LogP contribution in [-0.4, -0.2) is 41.7 Å². The molecule has 0 aliphatic heterocycles. The van der Waals surface area contributed by atoms with Gasteiger partial charge in [-0.25, -0.2) is 8.78 Å². The van der Waals surface area contributed by atoms with E-state index in [1.54, 1.807) is 6.92 Å². The van der Waals surface area contributed by atoms with Gasteiger partial charge in [0.05, 0.1) is 12.1 Å². The van der Waals surface area contributed by atoms with E-state index in [2.05, 4.69) is 5.32 Å². The summed E-state index contributed by atoms with van der Waals surface area (Å²) in [6.45, 7) is 2.39. The molecule has 1 aliphatic rings. The highest BCUT2D eigenvalue weighted by atomic mass is 19.2. The number of hydrogen-bond acceptors (Lipinski definition) is 3. The van der Waals surface area contributed by atoms with Crippen LogP contribution in [0.5, 0.6) is 0 Å². The fourth-order valence-electron chi connectivity index (χ4n) is 2.95. The largest absolute Gasteiger partial charge is 0.393 e. The summed E-state index contributed by atoms with van der Waals surface area (Å²) in [5.41, 5.74) is 0.229. The van der Waals surface area contributed by atoms with Crippen molar-refractivity contribution < 1.29 is 18.7 Å². The molecule has 3 unspecified atom stereocenters. The zero-order chi connectivity index (χ0) is 17.0. The van der Waals surface area contributed by atoms with E-state index in [1.807, 2.05) is 11.9 Å². The van der Waals surface area contributed by atoms with Crippen molar-refractivity contribution in [2.24, 2.45) is 5.92 Å². The van der Waals surface area contributed by atoms with E-state index in [4.69, 9.17) is 0 Å². The second-order valence-corrected chi connectivity index (χ2v) is 6.35. The maximum absolute atomic E-state index is 13.2. The maximum Gasteiger partial charge on any atom is 0.241 e. The Balaban J connectivity index is 1.91. The first kappa shape index (κ1) is 17.8. The van der Waals surface area contributed by atoms with Gasteiger partial charge >= 0.3 is 0 Å². The lowest BCUT2D eigenvalue weighted by atomic mass is 9.86. The number of carbonyl (C=O) groups is 1. The average molecular weight is 326 g/mol. The van der Waals surface area contributed by atoms with Gasteiger partial charge in [0.15, 0.2) is 11.6 Å². The molecule has 0 saturated heterocycles. The number of rotatable bonds is 5. The Morgan fingerprint density at radius 1 is 1.35 bits per heavy atom. The van der Waals surface area contributed by atoms with Crippen LogP contribution in [0.3, 0.4) is 0 Å². The maximum atomic E-state index is 13.2. The van der Waals surface area contributed by atoms with E-state index >= 15 is 0 Å². The number of halogens is 2. The van der Waals surface area contributed by atoms with Crippen molar-refractivity contribution in [1.82, 2.24) is 4.90 Å². The van der Waals surface area contributed by atoms with Crippen molar-refractivity contribution in [3.63, 3.8) is 0 Å². The molecule has 1 fully saturated rings. The van der Waals surface area contributed by atoms with E-state index in [9.17, 15) is 18.7 Å². The Bertz CT molecular complexity index is 553. The molecule has 1 aromatic carbocycles. The van der Waals surface area contributed by atoms with Gasteiger partial charge < -0.3 is 10.4 Å². The summed E-state index contributed by atoms with van der Waals surface area (Å²) in [4.78, 5) is 14.1. The number of nitrogens with zero attached hydrogens (tertiary/aromatic N) is 1. The second-order valence-electron chi connectivity index (χ2n) is 6.35. The lowest BCUT2D eigenvalue weighted by Crippen LogP contribution is -2.44. The fourth-order valence-corrected chi connectivity index (χ4v) is 2.95. The fraction of sp³-hybridized carbons (Fsp3) is 0.588. The lowest BCUT2D eigenvalue weighted by molar-refractivity contribution is -0.120. The molecular weight excluding hydrogens is 302 g/mol. The summed E-state index contributed by atoms with van der Waals surface area (Å²) in [5.74, 6) is -2.05. The third kappa shape index (κ3) is 4.72. The molecule has 1 amide bonds. The monoisotopic (exact) mass is 326 g/mol. The first-order chi connectivity index (χ1) is 10.9. The van der Waals surface area contributed by atoms with Gasteiger partial charge in [0, 0.05) is 18.3 Å². The van der Waals surface area contributed by atoms with Gasteiger partial charge in [-0.2, -0.15) is 0 Å². The van der Waals surface area contributed by atoms with Crippen molar-refractivity contribution in [1.29, 1.82) is 0 Å². The SMILES string of the molecule is CC(C(=O)Nc1ccc(F)c(F)c1)N(C)CC1CCCCC1O. The summed E-state index contributed by atoms with van der Waals surface area (Å²) >= 11 is 0. The van der Waals surface area contributed by atoms with Crippen molar-refractivity contribution in [3.8, 4) is 0 Å². The summed E-state index contributed by atoms with van der Waals surface area (Å²) in [6, 6.07) is 2.84. The Morgan fingerprint density at radius 3 is 2.70 bits per heavy atom. The zero-order valence-corrected chi connectivity index (χ0v) is 13.6. The minimum absolute atomic E-state index is 0.173. The van der Waals surface area contributed by atoms with Gasteiger partial charge in [-0.15, -0.1) is 0 Å². The van der Waals surface area contributed by atoms with Gasteiger partial charge in [0.1, 0.15) is 0 Å². The summed E-state index contributed by atoms with van der Waals surface area (Å²) < 4.78 is 26.1. The molecule has 4 nitrogen and oxygen atoms in total. The predicted molar refractivity (Wildman–Crippen MR) is 85.0 cm³/mol. The number of likely N-dealkylation sites (N-methyl/N-ethyl adjacent to an activating group) is 1. The summed E-state index contributed by atoms with van der Waals surface area (Å²) in [5, 5.41) is 12.6. The van der Waals surface area contributed by atoms with Crippen molar-refractivity contribution in [2.75, 3.05) is 18.9 Å². The first-order valence-electron chi connectivity index (χ1n) is 8.02. The van der Waals surface area contributed by atoms with Crippen LogP contribution in [0.2, 0.25) is 0 Å². The van der Waals surface area contributed by atoms with E-state index in [-0.39, 0.29) is 23.6 Å². The highest BCUT2D eigenvalue weighted by Crippen LogP contribution is 2.25. The van der Waals surface area contributed by atoms with E-state index < -0.39 is 17.7 Å². The molecule has 0 bridgehead atoms. The minimum Gasteiger partial charge on any atom is -0.393 e. The van der Waals surface area contributed by atoms with Gasteiger partial charge in [-0.3, -0.25) is 9.69 Å². The third-order valence-corrected chi connectivity index (χ3v) is 4.62. The topological polar surface area (TPSA) is 52.6 Å². The molecule has 0 aromatic heterocycles.